The van der Waals surface area contributed by atoms with Crippen molar-refractivity contribution < 1.29 is 24.5 Å². The van der Waals surface area contributed by atoms with Gasteiger partial charge in [-0.3, -0.25) is 0 Å². The van der Waals surface area contributed by atoms with Gasteiger partial charge in [-0.1, -0.05) is 42.5 Å². The number of carboxylic acids is 1. The molecule has 0 spiro atoms. The fourth-order valence-electron chi connectivity index (χ4n) is 2.31. The number of carboxylic acid groups (broad SMARTS) is 1. The summed E-state index contributed by atoms with van der Waals surface area (Å²) in [6, 6.07) is 16.0. The Morgan fingerprint density at radius 1 is 0.826 bits per heavy atom. The maximum absolute atomic E-state index is 12.3. The zero-order chi connectivity index (χ0) is 16.4. The van der Waals surface area contributed by atoms with Gasteiger partial charge in [-0.2, -0.15) is 0 Å². The molecule has 114 valence electrons. The van der Waals surface area contributed by atoms with Crippen LogP contribution in [0.15, 0.2) is 60.7 Å². The van der Waals surface area contributed by atoms with Gasteiger partial charge in [0.1, 0.15) is 22.6 Å². The van der Waals surface area contributed by atoms with E-state index in [1.807, 2.05) is 12.1 Å². The summed E-state index contributed by atoms with van der Waals surface area (Å²) in [6.45, 7) is 0. The van der Waals surface area contributed by atoms with Crippen LogP contribution in [0.25, 0.3) is 10.8 Å². The van der Waals surface area contributed by atoms with Gasteiger partial charge in [0.15, 0.2) is 0 Å². The molecule has 23 heavy (non-hydrogen) atoms. The van der Waals surface area contributed by atoms with Crippen LogP contribution in [-0.4, -0.2) is 22.2 Å². The van der Waals surface area contributed by atoms with Crippen molar-refractivity contribution in [3.8, 4) is 11.5 Å². The molecule has 5 heteroatoms. The minimum atomic E-state index is -1.20. The minimum Gasteiger partial charge on any atom is -0.506 e. The lowest BCUT2D eigenvalue weighted by Gasteiger charge is -2.09. The fourth-order valence-corrected chi connectivity index (χ4v) is 2.31. The van der Waals surface area contributed by atoms with Crippen LogP contribution in [0, 0.1) is 0 Å². The van der Waals surface area contributed by atoms with Crippen molar-refractivity contribution in [2.24, 2.45) is 0 Å². The summed E-state index contributed by atoms with van der Waals surface area (Å²) >= 11 is 0. The summed E-state index contributed by atoms with van der Waals surface area (Å²) in [5.41, 5.74) is -0.148. The maximum atomic E-state index is 12.3. The van der Waals surface area contributed by atoms with Gasteiger partial charge in [0, 0.05) is 5.39 Å². The number of ether oxygens (including phenoxy) is 1. The highest BCUT2D eigenvalue weighted by Crippen LogP contribution is 2.30. The third-order valence-corrected chi connectivity index (χ3v) is 3.44. The lowest BCUT2D eigenvalue weighted by molar-refractivity contribution is 0.0681. The number of hydrogen-bond acceptors (Lipinski definition) is 4. The molecule has 0 fully saturated rings. The predicted octanol–water partition coefficient (Wildman–Crippen LogP) is 3.46. The Hall–Kier alpha value is -3.34. The molecule has 3 rings (SSSR count). The molecule has 0 saturated heterocycles. The van der Waals surface area contributed by atoms with Crippen LogP contribution in [0.3, 0.4) is 0 Å². The van der Waals surface area contributed by atoms with Crippen LogP contribution >= 0.6 is 0 Å². The van der Waals surface area contributed by atoms with Crippen LogP contribution in [0.5, 0.6) is 11.5 Å². The van der Waals surface area contributed by atoms with Crippen molar-refractivity contribution in [1.82, 2.24) is 0 Å². The molecule has 5 nitrogen and oxygen atoms in total. The number of aromatic hydroxyl groups is 1. The third kappa shape index (κ3) is 2.72. The number of esters is 1. The van der Waals surface area contributed by atoms with E-state index in [4.69, 9.17) is 9.84 Å². The molecule has 0 aromatic heterocycles. The summed E-state index contributed by atoms with van der Waals surface area (Å²) in [6.07, 6.45) is 0. The largest absolute Gasteiger partial charge is 0.506 e. The smallest absolute Gasteiger partial charge is 0.347 e. The van der Waals surface area contributed by atoms with Gasteiger partial charge in [0.25, 0.3) is 0 Å². The van der Waals surface area contributed by atoms with Crippen molar-refractivity contribution in [1.29, 1.82) is 0 Å². The lowest BCUT2D eigenvalue weighted by atomic mass is 10.1. The molecular formula is C18H12O5. The summed E-state index contributed by atoms with van der Waals surface area (Å²) in [4.78, 5) is 23.4. The van der Waals surface area contributed by atoms with Gasteiger partial charge in [-0.15, -0.1) is 0 Å². The highest BCUT2D eigenvalue weighted by molar-refractivity contribution is 6.02. The van der Waals surface area contributed by atoms with E-state index in [-0.39, 0.29) is 22.6 Å². The predicted molar refractivity (Wildman–Crippen MR) is 84.0 cm³/mol. The molecule has 2 N–H and O–H groups in total. The second kappa shape index (κ2) is 5.81. The van der Waals surface area contributed by atoms with Crippen LogP contribution in [0.4, 0.5) is 0 Å². The Morgan fingerprint density at radius 3 is 2.30 bits per heavy atom. The van der Waals surface area contributed by atoms with E-state index >= 15 is 0 Å². The van der Waals surface area contributed by atoms with E-state index in [9.17, 15) is 14.7 Å². The molecule has 0 bridgehead atoms. The number of hydrogen-bond donors (Lipinski definition) is 2. The first-order valence-corrected chi connectivity index (χ1v) is 6.83. The monoisotopic (exact) mass is 308 g/mol. The van der Waals surface area contributed by atoms with Crippen molar-refractivity contribution in [2.75, 3.05) is 0 Å². The van der Waals surface area contributed by atoms with E-state index in [1.165, 1.54) is 24.3 Å². The number of phenols is 1. The number of fused-ring (bicyclic) bond motifs is 1. The number of para-hydroxylation sites is 1. The Morgan fingerprint density at radius 2 is 1.52 bits per heavy atom. The number of rotatable bonds is 3. The summed E-state index contributed by atoms with van der Waals surface area (Å²) in [7, 11) is 0. The van der Waals surface area contributed by atoms with E-state index in [0.717, 1.165) is 5.39 Å². The summed E-state index contributed by atoms with van der Waals surface area (Å²) in [5, 5.41) is 20.7. The maximum Gasteiger partial charge on any atom is 0.347 e. The van der Waals surface area contributed by atoms with Gasteiger partial charge in [-0.05, 0) is 23.6 Å². The van der Waals surface area contributed by atoms with Crippen molar-refractivity contribution in [3.05, 3.63) is 71.8 Å². The van der Waals surface area contributed by atoms with Crippen molar-refractivity contribution >= 4 is 22.7 Å². The summed E-state index contributed by atoms with van der Waals surface area (Å²) in [5.74, 6) is -2.28. The highest BCUT2D eigenvalue weighted by Gasteiger charge is 2.19. The molecule has 0 heterocycles. The van der Waals surface area contributed by atoms with E-state index in [0.29, 0.717) is 5.39 Å². The Kier molecular flexibility index (Phi) is 3.68. The normalized spacial score (nSPS) is 10.4. The van der Waals surface area contributed by atoms with E-state index in [2.05, 4.69) is 0 Å². The number of aromatic carboxylic acids is 1. The van der Waals surface area contributed by atoms with Gasteiger partial charge in [-0.25, -0.2) is 9.59 Å². The zero-order valence-electron chi connectivity index (χ0n) is 11.9. The molecule has 0 aliphatic heterocycles. The second-order valence-corrected chi connectivity index (χ2v) is 4.87. The number of phenolic OH excluding ortho intramolecular Hbond substituents is 1. The molecule has 0 amide bonds. The average Bonchev–Trinajstić information content (AvgIpc) is 2.55. The zero-order valence-corrected chi connectivity index (χ0v) is 11.9. The van der Waals surface area contributed by atoms with Crippen molar-refractivity contribution in [3.63, 3.8) is 0 Å². The number of carbonyl (C=O) groups excluding carboxylic acids is 1. The SMILES string of the molecule is O=C(O)c1ccccc1OC(=O)c1ccc2ccccc2c1O. The molecule has 0 saturated carbocycles. The molecular weight excluding hydrogens is 296 g/mol. The van der Waals surface area contributed by atoms with Crippen LogP contribution < -0.4 is 4.74 Å². The van der Waals surface area contributed by atoms with Gasteiger partial charge >= 0.3 is 11.9 Å². The first-order valence-electron chi connectivity index (χ1n) is 6.83. The molecule has 0 aliphatic carbocycles. The standard InChI is InChI=1S/C18H12O5/c19-16-12-6-2-1-5-11(12)9-10-14(16)18(22)23-15-8-4-3-7-13(15)17(20)21/h1-10,19H,(H,20,21). The van der Waals surface area contributed by atoms with Crippen LogP contribution in [-0.2, 0) is 0 Å². The minimum absolute atomic E-state index is 0.0242. The number of benzene rings is 3. The van der Waals surface area contributed by atoms with Gasteiger partial charge < -0.3 is 14.9 Å². The average molecular weight is 308 g/mol. The van der Waals surface area contributed by atoms with Gasteiger partial charge in [0.05, 0.1) is 0 Å². The number of carbonyl (C=O) groups is 2. The molecule has 0 unspecified atom stereocenters. The van der Waals surface area contributed by atoms with Crippen LogP contribution in [0.2, 0.25) is 0 Å². The van der Waals surface area contributed by atoms with Crippen LogP contribution in [0.1, 0.15) is 20.7 Å². The fraction of sp³-hybridized carbons (Fsp3) is 0. The Labute approximate surface area is 131 Å². The molecule has 0 radical (unpaired) electrons. The quantitative estimate of drug-likeness (QED) is 0.572. The van der Waals surface area contributed by atoms with E-state index in [1.54, 1.807) is 24.3 Å². The first-order chi connectivity index (χ1) is 11.1. The van der Waals surface area contributed by atoms with E-state index < -0.39 is 11.9 Å². The molecule has 0 aliphatic rings. The Balaban J connectivity index is 1.99. The topological polar surface area (TPSA) is 83.8 Å². The summed E-state index contributed by atoms with van der Waals surface area (Å²) < 4.78 is 5.14. The second-order valence-electron chi connectivity index (χ2n) is 4.87. The highest BCUT2D eigenvalue weighted by atomic mass is 16.5. The first kappa shape index (κ1) is 14.6. The van der Waals surface area contributed by atoms with Gasteiger partial charge in [0.2, 0.25) is 0 Å². The lowest BCUT2D eigenvalue weighted by Crippen LogP contribution is -2.11. The van der Waals surface area contributed by atoms with Crippen molar-refractivity contribution in [2.45, 2.75) is 0 Å². The Bertz CT molecular complexity index is 914. The molecule has 3 aromatic carbocycles. The molecule has 3 aromatic rings. The third-order valence-electron chi connectivity index (χ3n) is 3.44. The molecule has 0 atom stereocenters.